The zero-order valence-corrected chi connectivity index (χ0v) is 25.5. The van der Waals surface area contributed by atoms with Crippen molar-refractivity contribution in [2.45, 2.75) is 60.8 Å². The van der Waals surface area contributed by atoms with Gasteiger partial charge in [-0.15, -0.1) is 0 Å². The van der Waals surface area contributed by atoms with Crippen molar-refractivity contribution in [3.05, 3.63) is 149 Å². The van der Waals surface area contributed by atoms with Crippen LogP contribution in [0.2, 0.25) is 0 Å². The standard InChI is InChI=1S/2C8H4N2.2C6H6.3C3H8/c1-10-8-5-3-2-4-7(8)6-9;9-5-7-3-1-2-4-8(7)6-10;2*1-2-4-6-5-3-1;3*1-3-2/h2-5H;1-4H;2*1-6H;3*3H2,1-2H3. The molecule has 4 nitrogen and oxygen atoms in total. The molecule has 4 heteroatoms. The average molecular weight is 545 g/mol. The monoisotopic (exact) mass is 544 g/mol. The molecule has 4 rings (SSSR count). The second-order valence-electron chi connectivity index (χ2n) is 7.94. The molecule has 0 saturated carbocycles. The molecule has 0 unspecified atom stereocenters. The number of nitriles is 3. The van der Waals surface area contributed by atoms with Gasteiger partial charge in [-0.2, -0.15) is 15.8 Å². The smallest absolute Gasteiger partial charge is 0.204 e. The molecule has 0 bridgehead atoms. The van der Waals surface area contributed by atoms with Gasteiger partial charge in [0.1, 0.15) is 12.1 Å². The Labute approximate surface area is 249 Å². The Hall–Kier alpha value is -5.16. The Morgan fingerprint density at radius 1 is 0.439 bits per heavy atom. The normalized spacial score (nSPS) is 7.46. The van der Waals surface area contributed by atoms with Crippen LogP contribution >= 0.6 is 0 Å². The van der Waals surface area contributed by atoms with E-state index >= 15 is 0 Å². The van der Waals surface area contributed by atoms with E-state index in [0.717, 1.165) is 0 Å². The van der Waals surface area contributed by atoms with Crippen molar-refractivity contribution < 1.29 is 0 Å². The summed E-state index contributed by atoms with van der Waals surface area (Å²) in [6.07, 6.45) is 3.75. The summed E-state index contributed by atoms with van der Waals surface area (Å²) < 4.78 is 0. The molecular weight excluding hydrogens is 500 g/mol. The van der Waals surface area contributed by atoms with E-state index < -0.39 is 0 Å². The first-order valence-corrected chi connectivity index (χ1v) is 13.8. The highest BCUT2D eigenvalue weighted by atomic mass is 14.6. The maximum atomic E-state index is 8.46. The van der Waals surface area contributed by atoms with Crippen molar-refractivity contribution in [1.29, 1.82) is 15.8 Å². The summed E-state index contributed by atoms with van der Waals surface area (Å²) in [6, 6.07) is 43.2. The Bertz CT molecular complexity index is 1030. The van der Waals surface area contributed by atoms with Gasteiger partial charge in [0.15, 0.2) is 0 Å². The highest BCUT2D eigenvalue weighted by Gasteiger charge is 1.96. The van der Waals surface area contributed by atoms with Crippen molar-refractivity contribution in [2.24, 2.45) is 0 Å². The fourth-order valence-electron chi connectivity index (χ4n) is 2.11. The lowest BCUT2D eigenvalue weighted by atomic mass is 10.1. The third-order valence-corrected chi connectivity index (χ3v) is 3.65. The second kappa shape index (κ2) is 34.8. The summed E-state index contributed by atoms with van der Waals surface area (Å²) in [7, 11) is 0. The highest BCUT2D eigenvalue weighted by molar-refractivity contribution is 5.57. The topological polar surface area (TPSA) is 75.7 Å². The van der Waals surface area contributed by atoms with Gasteiger partial charge in [-0.25, -0.2) is 4.85 Å². The number of para-hydroxylation sites is 1. The minimum atomic E-state index is 0.421. The summed E-state index contributed by atoms with van der Waals surface area (Å²) in [6.45, 7) is 19.4. The van der Waals surface area contributed by atoms with Crippen LogP contribution in [0.15, 0.2) is 121 Å². The number of benzene rings is 4. The summed E-state index contributed by atoms with van der Waals surface area (Å²) in [5.41, 5.74) is 1.73. The molecule has 0 saturated heterocycles. The lowest BCUT2D eigenvalue weighted by molar-refractivity contribution is 1.09. The fraction of sp³-hybridized carbons (Fsp3) is 0.243. The fourth-order valence-corrected chi connectivity index (χ4v) is 2.11. The van der Waals surface area contributed by atoms with Crippen LogP contribution in [0.3, 0.4) is 0 Å². The summed E-state index contributed by atoms with van der Waals surface area (Å²) in [4.78, 5) is 3.17. The summed E-state index contributed by atoms with van der Waals surface area (Å²) in [5, 5.41) is 25.4. The molecule has 0 aliphatic rings. The van der Waals surface area contributed by atoms with Crippen LogP contribution in [0.5, 0.6) is 0 Å². The second-order valence-corrected chi connectivity index (χ2v) is 7.94. The van der Waals surface area contributed by atoms with Crippen molar-refractivity contribution in [2.75, 3.05) is 0 Å². The van der Waals surface area contributed by atoms with Gasteiger partial charge in [-0.1, -0.05) is 170 Å². The van der Waals surface area contributed by atoms with E-state index in [9.17, 15) is 0 Å². The Morgan fingerprint density at radius 2 is 0.659 bits per heavy atom. The first-order valence-electron chi connectivity index (χ1n) is 13.8. The van der Waals surface area contributed by atoms with Crippen LogP contribution in [0.25, 0.3) is 4.85 Å². The number of rotatable bonds is 0. The van der Waals surface area contributed by atoms with Crippen LogP contribution in [0.1, 0.15) is 77.5 Å². The first-order chi connectivity index (χ1) is 20.0. The van der Waals surface area contributed by atoms with Crippen molar-refractivity contribution >= 4 is 5.69 Å². The molecule has 4 aromatic rings. The molecule has 0 atom stereocenters. The lowest BCUT2D eigenvalue weighted by Gasteiger charge is -1.88. The third kappa shape index (κ3) is 27.7. The van der Waals surface area contributed by atoms with Gasteiger partial charge in [-0.05, 0) is 12.1 Å². The van der Waals surface area contributed by atoms with Gasteiger partial charge in [0.25, 0.3) is 0 Å². The van der Waals surface area contributed by atoms with Gasteiger partial charge in [0.05, 0.1) is 29.3 Å². The average Bonchev–Trinajstić information content (AvgIpc) is 3.04. The molecule has 0 amide bonds. The number of hydrogen-bond donors (Lipinski definition) is 0. The van der Waals surface area contributed by atoms with Crippen molar-refractivity contribution in [3.63, 3.8) is 0 Å². The van der Waals surface area contributed by atoms with Crippen LogP contribution in [0, 0.1) is 40.6 Å². The van der Waals surface area contributed by atoms with Gasteiger partial charge < -0.3 is 0 Å². The van der Waals surface area contributed by atoms with E-state index in [0.29, 0.717) is 22.4 Å². The zero-order chi connectivity index (χ0) is 31.4. The predicted molar refractivity (Wildman–Crippen MR) is 174 cm³/mol. The maximum absolute atomic E-state index is 8.46. The maximum Gasteiger partial charge on any atom is 0.204 e. The van der Waals surface area contributed by atoms with E-state index in [2.05, 4.69) is 46.4 Å². The molecule has 0 aromatic heterocycles. The van der Waals surface area contributed by atoms with Crippen LogP contribution in [-0.2, 0) is 0 Å². The summed E-state index contributed by atoms with van der Waals surface area (Å²) >= 11 is 0. The zero-order valence-electron chi connectivity index (χ0n) is 25.5. The molecule has 0 radical (unpaired) electrons. The Balaban J connectivity index is -0.000000435. The molecule has 0 aliphatic heterocycles. The molecule has 4 aromatic carbocycles. The third-order valence-electron chi connectivity index (χ3n) is 3.65. The molecule has 0 spiro atoms. The van der Waals surface area contributed by atoms with Crippen molar-refractivity contribution in [1.82, 2.24) is 0 Å². The van der Waals surface area contributed by atoms with Gasteiger partial charge >= 0.3 is 0 Å². The minimum Gasteiger partial charge on any atom is -0.237 e. The van der Waals surface area contributed by atoms with Crippen LogP contribution in [0.4, 0.5) is 5.69 Å². The van der Waals surface area contributed by atoms with E-state index in [1.165, 1.54) is 19.3 Å². The Morgan fingerprint density at radius 3 is 0.854 bits per heavy atom. The lowest BCUT2D eigenvalue weighted by Crippen LogP contribution is -1.79. The largest absolute Gasteiger partial charge is 0.237 e. The van der Waals surface area contributed by atoms with Gasteiger partial charge in [-0.3, -0.25) is 0 Å². The van der Waals surface area contributed by atoms with E-state index in [1.807, 2.05) is 91.0 Å². The molecular formula is C37H44N4. The van der Waals surface area contributed by atoms with E-state index in [1.54, 1.807) is 48.5 Å². The van der Waals surface area contributed by atoms with Gasteiger partial charge in [0.2, 0.25) is 5.69 Å². The van der Waals surface area contributed by atoms with E-state index in [-0.39, 0.29) is 0 Å². The molecule has 41 heavy (non-hydrogen) atoms. The predicted octanol–water partition coefficient (Wildman–Crippen LogP) is 11.2. The highest BCUT2D eigenvalue weighted by Crippen LogP contribution is 2.16. The SMILES string of the molecule is CCC.CCC.CCC.N#Cc1ccccc1C#N.[C-]#[N+]c1ccccc1C#N.c1ccccc1.c1ccccc1. The quantitative estimate of drug-likeness (QED) is 0.207. The Kier molecular flexibility index (Phi) is 34.3. The van der Waals surface area contributed by atoms with Crippen molar-refractivity contribution in [3.8, 4) is 18.2 Å². The number of nitrogens with zero attached hydrogens (tertiary/aromatic N) is 4. The number of hydrogen-bond acceptors (Lipinski definition) is 3. The summed E-state index contributed by atoms with van der Waals surface area (Å²) in [5.74, 6) is 0. The molecule has 0 N–H and O–H groups in total. The van der Waals surface area contributed by atoms with Crippen LogP contribution < -0.4 is 0 Å². The molecule has 0 heterocycles. The van der Waals surface area contributed by atoms with Gasteiger partial charge in [0, 0.05) is 0 Å². The molecule has 212 valence electrons. The van der Waals surface area contributed by atoms with E-state index in [4.69, 9.17) is 22.4 Å². The minimum absolute atomic E-state index is 0.421. The van der Waals surface area contributed by atoms with Crippen LogP contribution in [-0.4, -0.2) is 0 Å². The molecule has 0 aliphatic carbocycles. The first kappa shape index (κ1) is 40.3. The molecule has 0 fully saturated rings.